The van der Waals surface area contributed by atoms with Crippen molar-refractivity contribution in [3.05, 3.63) is 78.6 Å². The molecule has 2 aromatic heterocycles. The SMILES string of the molecule is CC(C)C(=O)On1cn[n+](C[C@](O)(c2ccc(F)cc2F)[C@@H](C)N2CCN(c3ccc(-n4cnnn4)cc3)C2=O)c1. The molecule has 3 heterocycles. The van der Waals surface area contributed by atoms with Gasteiger partial charge >= 0.3 is 18.3 Å². The third-order valence-corrected chi connectivity index (χ3v) is 7.00. The van der Waals surface area contributed by atoms with Gasteiger partial charge in [-0.05, 0) is 57.5 Å². The Balaban J connectivity index is 1.41. The lowest BCUT2D eigenvalue weighted by atomic mass is 9.85. The second-order valence-corrected chi connectivity index (χ2v) is 9.99. The molecule has 2 aromatic carbocycles. The van der Waals surface area contributed by atoms with Crippen LogP contribution in [0.15, 0.2) is 61.4 Å². The second-order valence-electron chi connectivity index (χ2n) is 9.99. The number of tetrazole rings is 1. The number of amides is 2. The topological polar surface area (TPSA) is 135 Å². The van der Waals surface area contributed by atoms with Crippen LogP contribution in [0.25, 0.3) is 5.69 Å². The largest absolute Gasteiger partial charge is 0.379 e. The summed E-state index contributed by atoms with van der Waals surface area (Å²) >= 11 is 0. The van der Waals surface area contributed by atoms with Crippen molar-refractivity contribution in [2.24, 2.45) is 5.92 Å². The molecule has 1 saturated heterocycles. The molecule has 2 atom stereocenters. The van der Waals surface area contributed by atoms with Crippen molar-refractivity contribution in [1.82, 2.24) is 34.9 Å². The van der Waals surface area contributed by atoms with Crippen molar-refractivity contribution in [3.8, 4) is 5.69 Å². The Hall–Kier alpha value is -4.79. The summed E-state index contributed by atoms with van der Waals surface area (Å²) in [6, 6.07) is 8.47. The van der Waals surface area contributed by atoms with Crippen molar-refractivity contribution < 1.29 is 33.0 Å². The number of nitrogens with zero attached hydrogens (tertiary/aromatic N) is 9. The number of rotatable bonds is 9. The number of halogens is 2. The maximum absolute atomic E-state index is 15.1. The molecule has 15 heteroatoms. The maximum Gasteiger partial charge on any atom is 0.360 e. The number of hydrogen-bond donors (Lipinski definition) is 1. The minimum atomic E-state index is -2.06. The molecule has 0 bridgehead atoms. The zero-order valence-corrected chi connectivity index (χ0v) is 22.5. The third-order valence-electron chi connectivity index (χ3n) is 7.00. The van der Waals surface area contributed by atoms with E-state index in [9.17, 15) is 19.1 Å². The van der Waals surface area contributed by atoms with Crippen LogP contribution < -0.4 is 14.4 Å². The average molecular weight is 569 g/mol. The van der Waals surface area contributed by atoms with Crippen molar-refractivity contribution in [3.63, 3.8) is 0 Å². The lowest BCUT2D eigenvalue weighted by Gasteiger charge is -2.38. The van der Waals surface area contributed by atoms with Crippen LogP contribution in [-0.4, -0.2) is 71.2 Å². The molecule has 1 fully saturated rings. The fourth-order valence-electron chi connectivity index (χ4n) is 4.65. The van der Waals surface area contributed by atoms with E-state index in [1.54, 1.807) is 45.0 Å². The summed E-state index contributed by atoms with van der Waals surface area (Å²) in [6.07, 6.45) is 3.97. The highest BCUT2D eigenvalue weighted by Crippen LogP contribution is 2.34. The van der Waals surface area contributed by atoms with E-state index in [0.29, 0.717) is 24.0 Å². The third kappa shape index (κ3) is 5.48. The Morgan fingerprint density at radius 1 is 1.10 bits per heavy atom. The number of hydrogen-bond acceptors (Lipinski definition) is 8. The molecule has 0 radical (unpaired) electrons. The molecule has 214 valence electrons. The van der Waals surface area contributed by atoms with Gasteiger partial charge in [0.05, 0.1) is 17.6 Å². The van der Waals surface area contributed by atoms with Crippen LogP contribution in [0.5, 0.6) is 0 Å². The first-order valence-electron chi connectivity index (χ1n) is 12.8. The molecule has 0 spiro atoms. The lowest BCUT2D eigenvalue weighted by Crippen LogP contribution is -2.58. The van der Waals surface area contributed by atoms with Crippen LogP contribution in [0.3, 0.4) is 0 Å². The fraction of sp³-hybridized carbons (Fsp3) is 0.346. The molecule has 4 aromatic rings. The quantitative estimate of drug-likeness (QED) is 0.298. The highest BCUT2D eigenvalue weighted by Gasteiger charge is 2.48. The van der Waals surface area contributed by atoms with Crippen LogP contribution in [0.2, 0.25) is 0 Å². The van der Waals surface area contributed by atoms with Gasteiger partial charge < -0.3 is 10.0 Å². The van der Waals surface area contributed by atoms with E-state index < -0.39 is 41.2 Å². The van der Waals surface area contributed by atoms with Crippen LogP contribution >= 0.6 is 0 Å². The maximum atomic E-state index is 15.1. The molecule has 0 aliphatic carbocycles. The van der Waals surface area contributed by atoms with Gasteiger partial charge in [0, 0.05) is 30.4 Å². The van der Waals surface area contributed by atoms with E-state index in [2.05, 4.69) is 20.6 Å². The normalized spacial score (nSPS) is 15.8. The molecule has 13 nitrogen and oxygen atoms in total. The van der Waals surface area contributed by atoms with Gasteiger partial charge in [-0.25, -0.2) is 23.1 Å². The molecular weight excluding hydrogens is 540 g/mol. The van der Waals surface area contributed by atoms with Gasteiger partial charge in [0.1, 0.15) is 24.5 Å². The average Bonchev–Trinajstić information content (AvgIpc) is 3.70. The first-order valence-corrected chi connectivity index (χ1v) is 12.8. The number of carbonyl (C=O) groups excluding carboxylic acids is 2. The number of aliphatic hydroxyl groups is 1. The van der Waals surface area contributed by atoms with E-state index in [1.807, 2.05) is 0 Å². The first kappa shape index (κ1) is 27.8. The van der Waals surface area contributed by atoms with Gasteiger partial charge in [0.15, 0.2) is 5.60 Å². The number of urea groups is 1. The highest BCUT2D eigenvalue weighted by molar-refractivity contribution is 5.94. The molecule has 1 aliphatic heterocycles. The first-order chi connectivity index (χ1) is 19.6. The number of aromatic nitrogens is 7. The van der Waals surface area contributed by atoms with Crippen LogP contribution in [0.1, 0.15) is 26.3 Å². The molecule has 41 heavy (non-hydrogen) atoms. The van der Waals surface area contributed by atoms with Crippen molar-refractivity contribution >= 4 is 17.7 Å². The number of carbonyl (C=O) groups is 2. The van der Waals surface area contributed by atoms with Gasteiger partial charge in [0.2, 0.25) is 0 Å². The minimum Gasteiger partial charge on any atom is -0.379 e. The summed E-state index contributed by atoms with van der Waals surface area (Å²) in [5, 5.41) is 27.2. The van der Waals surface area contributed by atoms with Crippen molar-refractivity contribution in [1.29, 1.82) is 0 Å². The Bertz CT molecular complexity index is 1540. The smallest absolute Gasteiger partial charge is 0.360 e. The Kier molecular flexibility index (Phi) is 7.45. The Morgan fingerprint density at radius 2 is 1.83 bits per heavy atom. The summed E-state index contributed by atoms with van der Waals surface area (Å²) in [6.45, 7) is 5.12. The predicted octanol–water partition coefficient (Wildman–Crippen LogP) is 1.25. The summed E-state index contributed by atoms with van der Waals surface area (Å²) < 4.78 is 32.7. The van der Waals surface area contributed by atoms with Gasteiger partial charge in [-0.15, -0.1) is 9.78 Å². The minimum absolute atomic E-state index is 0.218. The molecule has 0 saturated carbocycles. The Labute approximate surface area is 233 Å². The van der Waals surface area contributed by atoms with Gasteiger partial charge in [-0.1, -0.05) is 19.9 Å². The number of benzene rings is 2. The fourth-order valence-corrected chi connectivity index (χ4v) is 4.65. The van der Waals surface area contributed by atoms with Crippen molar-refractivity contribution in [2.75, 3.05) is 18.0 Å². The summed E-state index contributed by atoms with van der Waals surface area (Å²) in [7, 11) is 0. The van der Waals surface area contributed by atoms with Gasteiger partial charge in [0.25, 0.3) is 6.33 Å². The summed E-state index contributed by atoms with van der Waals surface area (Å²) in [5.41, 5.74) is -0.964. The monoisotopic (exact) mass is 568 g/mol. The van der Waals surface area contributed by atoms with E-state index in [0.717, 1.165) is 16.9 Å². The van der Waals surface area contributed by atoms with E-state index in [4.69, 9.17) is 4.84 Å². The van der Waals surface area contributed by atoms with Crippen molar-refractivity contribution in [2.45, 2.75) is 39.0 Å². The lowest BCUT2D eigenvalue weighted by molar-refractivity contribution is -0.766. The van der Waals surface area contributed by atoms with Gasteiger partial charge in [-0.2, -0.15) is 0 Å². The standard InChI is InChI=1S/C26H28F2N9O4/c1-17(2)24(38)41-34-15-30-33(16-34)13-26(40,22-9-4-19(27)12-23(22)28)18(3)35-10-11-36(25(35)39)20-5-7-21(8-6-20)37-14-29-31-32-37/h4-9,12,14-18,40H,10-11,13H2,1-3H3/q+1/t18-,26-/m1/s1. The van der Waals surface area contributed by atoms with E-state index in [1.165, 1.54) is 38.1 Å². The van der Waals surface area contributed by atoms with Crippen LogP contribution in [0.4, 0.5) is 19.3 Å². The number of anilines is 1. The molecule has 5 rings (SSSR count). The zero-order valence-electron chi connectivity index (χ0n) is 22.5. The van der Waals surface area contributed by atoms with E-state index in [-0.39, 0.29) is 18.7 Å². The molecule has 1 aliphatic rings. The summed E-state index contributed by atoms with van der Waals surface area (Å²) in [5.74, 6) is -2.69. The van der Waals surface area contributed by atoms with Gasteiger partial charge in [-0.3, -0.25) is 9.74 Å². The summed E-state index contributed by atoms with van der Waals surface area (Å²) in [4.78, 5) is 33.7. The molecular formula is C26H28F2N9O4+. The predicted molar refractivity (Wildman–Crippen MR) is 137 cm³/mol. The molecule has 2 amide bonds. The zero-order chi connectivity index (χ0) is 29.3. The second kappa shape index (κ2) is 11.0. The Morgan fingerprint density at radius 3 is 2.49 bits per heavy atom. The van der Waals surface area contributed by atoms with Crippen LogP contribution in [0, 0.1) is 17.6 Å². The molecule has 0 unspecified atom stereocenters. The highest BCUT2D eigenvalue weighted by atomic mass is 19.1. The van der Waals surface area contributed by atoms with Crippen LogP contribution in [-0.2, 0) is 16.9 Å². The van der Waals surface area contributed by atoms with E-state index >= 15 is 4.39 Å². The molecule has 1 N–H and O–H groups in total.